The van der Waals surface area contributed by atoms with Crippen LogP contribution in [0.4, 0.5) is 0 Å². The van der Waals surface area contributed by atoms with Crippen LogP contribution in [0.25, 0.3) is 0 Å². The Hall–Kier alpha value is -2.34. The summed E-state index contributed by atoms with van der Waals surface area (Å²) >= 11 is 1.78. The number of rotatable bonds is 10. The van der Waals surface area contributed by atoms with Crippen molar-refractivity contribution in [3.63, 3.8) is 0 Å². The summed E-state index contributed by atoms with van der Waals surface area (Å²) in [5.41, 5.74) is 2.47. The maximum absolute atomic E-state index is 10.0. The van der Waals surface area contributed by atoms with E-state index in [9.17, 15) is 5.11 Å². The molecule has 1 fully saturated rings. The molecular formula is C29H38N2O2S. The van der Waals surface area contributed by atoms with Crippen LogP contribution < -0.4 is 4.74 Å². The van der Waals surface area contributed by atoms with Crippen molar-refractivity contribution in [3.05, 3.63) is 82.0 Å². The lowest BCUT2D eigenvalue weighted by Gasteiger charge is -2.46. The number of phenols is 1. The highest BCUT2D eigenvalue weighted by Gasteiger charge is 2.38. The zero-order valence-corrected chi connectivity index (χ0v) is 21.6. The van der Waals surface area contributed by atoms with E-state index in [1.165, 1.54) is 28.8 Å². The number of likely N-dealkylation sites (tertiary alicyclic amines) is 1. The number of hydrogen-bond acceptors (Lipinski definition) is 5. The van der Waals surface area contributed by atoms with Crippen molar-refractivity contribution in [2.45, 2.75) is 57.2 Å². The Bertz CT molecular complexity index is 1030. The maximum atomic E-state index is 10.0. The predicted molar refractivity (Wildman–Crippen MR) is 142 cm³/mol. The second-order valence-electron chi connectivity index (χ2n) is 9.66. The standard InChI is InChI=1S/C29H38N2O2S/c1-4-5-13-27(28-14-8-19-34-28)33-26-12-6-9-23(20-26)22-31-17-15-29(16-18-31,30(2)3)24-10-7-11-25(32)21-24/h6-12,14,19-21,27,32H,4-5,13,15-18,22H2,1-3H3/t27-/m1/s1. The molecule has 0 unspecified atom stereocenters. The minimum absolute atomic E-state index is 0.0343. The van der Waals surface area contributed by atoms with Crippen molar-refractivity contribution in [2.24, 2.45) is 0 Å². The molecular weight excluding hydrogens is 440 g/mol. The molecule has 0 saturated carbocycles. The number of hydrogen-bond donors (Lipinski definition) is 1. The van der Waals surface area contributed by atoms with Crippen LogP contribution in [0.2, 0.25) is 0 Å². The normalized spacial score (nSPS) is 17.1. The number of unbranched alkanes of at least 4 members (excludes halogenated alkanes) is 1. The van der Waals surface area contributed by atoms with Crippen molar-refractivity contribution >= 4 is 11.3 Å². The second-order valence-corrected chi connectivity index (χ2v) is 10.6. The van der Waals surface area contributed by atoms with E-state index < -0.39 is 0 Å². The van der Waals surface area contributed by atoms with Gasteiger partial charge in [-0.2, -0.15) is 0 Å². The molecule has 1 aliphatic heterocycles. The molecule has 2 heterocycles. The zero-order chi connectivity index (χ0) is 24.0. The Morgan fingerprint density at radius 1 is 1.06 bits per heavy atom. The highest BCUT2D eigenvalue weighted by atomic mass is 32.1. The largest absolute Gasteiger partial charge is 0.508 e. The monoisotopic (exact) mass is 478 g/mol. The summed E-state index contributed by atoms with van der Waals surface area (Å²) in [7, 11) is 4.31. The number of benzene rings is 2. The fourth-order valence-corrected chi connectivity index (χ4v) is 5.92. The van der Waals surface area contributed by atoms with E-state index in [1.54, 1.807) is 17.4 Å². The molecule has 0 spiro atoms. The van der Waals surface area contributed by atoms with Gasteiger partial charge in [0.1, 0.15) is 17.6 Å². The highest BCUT2D eigenvalue weighted by molar-refractivity contribution is 7.10. The molecule has 34 heavy (non-hydrogen) atoms. The van der Waals surface area contributed by atoms with E-state index in [2.05, 4.69) is 78.7 Å². The topological polar surface area (TPSA) is 35.9 Å². The molecule has 1 N–H and O–H groups in total. The number of piperidine rings is 1. The van der Waals surface area contributed by atoms with Crippen LogP contribution in [-0.2, 0) is 12.1 Å². The van der Waals surface area contributed by atoms with Crippen molar-refractivity contribution in [3.8, 4) is 11.5 Å². The quantitative estimate of drug-likeness (QED) is 0.347. The van der Waals surface area contributed by atoms with Crippen LogP contribution in [0, 0.1) is 0 Å². The van der Waals surface area contributed by atoms with Crippen LogP contribution in [-0.4, -0.2) is 42.1 Å². The second kappa shape index (κ2) is 11.4. The van der Waals surface area contributed by atoms with Gasteiger partial charge in [0.05, 0.1) is 0 Å². The van der Waals surface area contributed by atoms with Gasteiger partial charge in [-0.3, -0.25) is 9.80 Å². The van der Waals surface area contributed by atoms with Gasteiger partial charge in [0.2, 0.25) is 0 Å². The molecule has 0 bridgehead atoms. The van der Waals surface area contributed by atoms with Gasteiger partial charge in [-0.1, -0.05) is 43.7 Å². The molecule has 1 atom stereocenters. The first-order valence-electron chi connectivity index (χ1n) is 12.5. The number of thiophene rings is 1. The average molecular weight is 479 g/mol. The summed E-state index contributed by atoms with van der Waals surface area (Å²) in [5, 5.41) is 12.2. The van der Waals surface area contributed by atoms with Gasteiger partial charge in [0.15, 0.2) is 0 Å². The summed E-state index contributed by atoms with van der Waals surface area (Å²) < 4.78 is 6.49. The summed E-state index contributed by atoms with van der Waals surface area (Å²) in [5.74, 6) is 1.31. The lowest BCUT2D eigenvalue weighted by atomic mass is 9.79. The van der Waals surface area contributed by atoms with E-state index in [-0.39, 0.29) is 11.6 Å². The SMILES string of the molecule is CCCC[C@@H](Oc1cccc(CN2CCC(c3cccc(O)c3)(N(C)C)CC2)c1)c1cccs1. The van der Waals surface area contributed by atoms with Gasteiger partial charge < -0.3 is 9.84 Å². The van der Waals surface area contributed by atoms with Crippen molar-refractivity contribution in [1.82, 2.24) is 9.80 Å². The molecule has 1 aromatic heterocycles. The van der Waals surface area contributed by atoms with Crippen LogP contribution in [0.3, 0.4) is 0 Å². The lowest BCUT2D eigenvalue weighted by Crippen LogP contribution is -2.50. The summed E-state index contributed by atoms with van der Waals surface area (Å²) in [6, 6.07) is 20.7. The van der Waals surface area contributed by atoms with Gasteiger partial charge in [-0.25, -0.2) is 0 Å². The van der Waals surface area contributed by atoms with Gasteiger partial charge in [0, 0.05) is 30.1 Å². The molecule has 1 aliphatic rings. The summed E-state index contributed by atoms with van der Waals surface area (Å²) in [4.78, 5) is 6.17. The molecule has 0 radical (unpaired) electrons. The third kappa shape index (κ3) is 5.83. The summed E-state index contributed by atoms with van der Waals surface area (Å²) in [6.07, 6.45) is 5.61. The molecule has 5 heteroatoms. The van der Waals surface area contributed by atoms with Gasteiger partial charge in [-0.05, 0) is 86.6 Å². The van der Waals surface area contributed by atoms with Crippen molar-refractivity contribution in [1.29, 1.82) is 0 Å². The van der Waals surface area contributed by atoms with Gasteiger partial charge in [-0.15, -0.1) is 11.3 Å². The first-order chi connectivity index (χ1) is 16.5. The van der Waals surface area contributed by atoms with Crippen molar-refractivity contribution < 1.29 is 9.84 Å². The highest BCUT2D eigenvalue weighted by Crippen LogP contribution is 2.39. The van der Waals surface area contributed by atoms with Crippen LogP contribution >= 0.6 is 11.3 Å². The molecule has 4 rings (SSSR count). The van der Waals surface area contributed by atoms with E-state index >= 15 is 0 Å². The van der Waals surface area contributed by atoms with E-state index in [1.807, 2.05) is 12.1 Å². The Labute approximate surface area is 208 Å². The lowest BCUT2D eigenvalue weighted by molar-refractivity contribution is 0.0505. The Morgan fingerprint density at radius 3 is 2.53 bits per heavy atom. The van der Waals surface area contributed by atoms with E-state index in [4.69, 9.17) is 4.74 Å². The third-order valence-corrected chi connectivity index (χ3v) is 8.15. The molecule has 182 valence electrons. The number of ether oxygens (including phenoxy) is 1. The number of aromatic hydroxyl groups is 1. The molecule has 3 aromatic rings. The fraction of sp³-hybridized carbons (Fsp3) is 0.448. The number of phenolic OH excluding ortho intramolecular Hbond substituents is 1. The third-order valence-electron chi connectivity index (χ3n) is 7.19. The van der Waals surface area contributed by atoms with Crippen LogP contribution in [0.5, 0.6) is 11.5 Å². The maximum Gasteiger partial charge on any atom is 0.133 e. The van der Waals surface area contributed by atoms with Gasteiger partial charge >= 0.3 is 0 Å². The molecule has 4 nitrogen and oxygen atoms in total. The molecule has 0 amide bonds. The fourth-order valence-electron chi connectivity index (χ4n) is 5.13. The minimum Gasteiger partial charge on any atom is -0.508 e. The first kappa shape index (κ1) is 24.8. The smallest absolute Gasteiger partial charge is 0.133 e. The Balaban J connectivity index is 1.41. The molecule has 0 aliphatic carbocycles. The van der Waals surface area contributed by atoms with Gasteiger partial charge in [0.25, 0.3) is 0 Å². The van der Waals surface area contributed by atoms with E-state index in [0.29, 0.717) is 5.75 Å². The van der Waals surface area contributed by atoms with Crippen LogP contribution in [0.1, 0.15) is 61.1 Å². The summed E-state index contributed by atoms with van der Waals surface area (Å²) in [6.45, 7) is 5.20. The minimum atomic E-state index is -0.0343. The Kier molecular flexibility index (Phi) is 8.30. The van der Waals surface area contributed by atoms with E-state index in [0.717, 1.165) is 44.6 Å². The average Bonchev–Trinajstić information content (AvgIpc) is 3.37. The predicted octanol–water partition coefficient (Wildman–Crippen LogP) is 6.82. The molecule has 2 aromatic carbocycles. The van der Waals surface area contributed by atoms with Crippen molar-refractivity contribution in [2.75, 3.05) is 27.2 Å². The van der Waals surface area contributed by atoms with Crippen LogP contribution in [0.15, 0.2) is 66.0 Å². The molecule has 1 saturated heterocycles. The zero-order valence-electron chi connectivity index (χ0n) is 20.7. The first-order valence-corrected chi connectivity index (χ1v) is 13.4. The number of nitrogens with zero attached hydrogens (tertiary/aromatic N) is 2. The Morgan fingerprint density at radius 2 is 1.85 bits per heavy atom.